The zero-order valence-electron chi connectivity index (χ0n) is 20.9. The first kappa shape index (κ1) is 26.7. The molecule has 2 heterocycles. The Balaban J connectivity index is 1.64. The first-order chi connectivity index (χ1) is 18.4. The van der Waals surface area contributed by atoms with E-state index in [4.69, 9.17) is 5.11 Å². The van der Waals surface area contributed by atoms with Crippen molar-refractivity contribution in [3.05, 3.63) is 114 Å². The van der Waals surface area contributed by atoms with Crippen LogP contribution in [0.15, 0.2) is 102 Å². The van der Waals surface area contributed by atoms with E-state index < -0.39 is 16.0 Å². The molecular weight excluding hydrogens is 500 g/mol. The normalized spacial score (nSPS) is 11.6. The lowest BCUT2D eigenvalue weighted by atomic mass is 10.0. The lowest BCUT2D eigenvalue weighted by molar-refractivity contribution is -0.134. The topological polar surface area (TPSA) is 112 Å². The summed E-state index contributed by atoms with van der Waals surface area (Å²) in [5.74, 6) is -0.733. The maximum absolute atomic E-state index is 13.6. The molecule has 2 aromatic heterocycles. The minimum Gasteiger partial charge on any atom is -0.480 e. The van der Waals surface area contributed by atoms with Crippen molar-refractivity contribution in [2.45, 2.75) is 25.0 Å². The van der Waals surface area contributed by atoms with Crippen LogP contribution in [0.25, 0.3) is 17.2 Å². The second-order valence-corrected chi connectivity index (χ2v) is 10.4. The van der Waals surface area contributed by atoms with Crippen molar-refractivity contribution < 1.29 is 18.3 Å². The number of hydrogen-bond donors (Lipinski definition) is 2. The summed E-state index contributed by atoms with van der Waals surface area (Å²) >= 11 is 0. The van der Waals surface area contributed by atoms with E-state index >= 15 is 0 Å². The number of aromatic nitrogens is 2. The lowest BCUT2D eigenvalue weighted by Gasteiger charge is -2.23. The third-order valence-electron chi connectivity index (χ3n) is 5.78. The van der Waals surface area contributed by atoms with E-state index in [1.807, 2.05) is 61.5 Å². The second kappa shape index (κ2) is 12.3. The van der Waals surface area contributed by atoms with Crippen LogP contribution in [0.3, 0.4) is 0 Å². The molecule has 0 bridgehead atoms. The average molecular weight is 529 g/mol. The van der Waals surface area contributed by atoms with Crippen LogP contribution in [0.5, 0.6) is 0 Å². The summed E-state index contributed by atoms with van der Waals surface area (Å²) in [6, 6.07) is 24.1. The molecule has 0 unspecified atom stereocenters. The van der Waals surface area contributed by atoms with Crippen molar-refractivity contribution in [2.75, 3.05) is 11.9 Å². The van der Waals surface area contributed by atoms with Crippen LogP contribution in [-0.4, -0.2) is 40.3 Å². The molecule has 2 N–H and O–H groups in total. The van der Waals surface area contributed by atoms with Gasteiger partial charge < -0.3 is 10.4 Å². The summed E-state index contributed by atoms with van der Waals surface area (Å²) in [6.45, 7) is 1.70. The number of benzene rings is 2. The number of carbonyl (C=O) groups is 1. The molecule has 0 saturated heterocycles. The van der Waals surface area contributed by atoms with Gasteiger partial charge in [-0.2, -0.15) is 4.31 Å². The Labute approximate surface area is 222 Å². The van der Waals surface area contributed by atoms with E-state index in [1.165, 1.54) is 22.8 Å². The van der Waals surface area contributed by atoms with Crippen LogP contribution in [0, 0.1) is 0 Å². The van der Waals surface area contributed by atoms with Crippen molar-refractivity contribution in [1.82, 2.24) is 14.3 Å². The molecule has 0 saturated carbocycles. The second-order valence-electron chi connectivity index (χ2n) is 8.52. The van der Waals surface area contributed by atoms with Crippen LogP contribution in [-0.2, 0) is 27.9 Å². The predicted molar refractivity (Wildman–Crippen MR) is 148 cm³/mol. The van der Waals surface area contributed by atoms with Gasteiger partial charge in [-0.3, -0.25) is 4.79 Å². The van der Waals surface area contributed by atoms with Gasteiger partial charge >= 0.3 is 5.97 Å². The van der Waals surface area contributed by atoms with Crippen molar-refractivity contribution in [2.24, 2.45) is 0 Å². The number of rotatable bonds is 11. The molecule has 0 spiro atoms. The van der Waals surface area contributed by atoms with Crippen LogP contribution in [0.1, 0.15) is 23.6 Å². The summed E-state index contributed by atoms with van der Waals surface area (Å²) in [5, 5.41) is 11.8. The molecule has 0 aliphatic carbocycles. The smallest absolute Gasteiger partial charge is 0.322 e. The molecule has 2 aromatic carbocycles. The van der Waals surface area contributed by atoms with Crippen LogP contribution < -0.4 is 5.32 Å². The number of sulfonamides is 1. The minimum atomic E-state index is -3.98. The van der Waals surface area contributed by atoms with E-state index in [1.54, 1.807) is 24.3 Å². The zero-order chi connectivity index (χ0) is 27.0. The monoisotopic (exact) mass is 528 g/mol. The molecule has 9 heteroatoms. The van der Waals surface area contributed by atoms with E-state index in [-0.39, 0.29) is 24.7 Å². The quantitative estimate of drug-likeness (QED) is 0.280. The lowest BCUT2D eigenvalue weighted by Crippen LogP contribution is -2.31. The molecule has 0 fully saturated rings. The molecular formula is C29H28N4O4S. The van der Waals surface area contributed by atoms with E-state index in [9.17, 15) is 13.2 Å². The summed E-state index contributed by atoms with van der Waals surface area (Å²) < 4.78 is 28.6. The van der Waals surface area contributed by atoms with Gasteiger partial charge in [0.2, 0.25) is 0 Å². The van der Waals surface area contributed by atoms with Crippen molar-refractivity contribution >= 4 is 27.9 Å². The number of nitrogens with one attached hydrogen (secondary N) is 1. The van der Waals surface area contributed by atoms with Gasteiger partial charge in [0.25, 0.3) is 10.0 Å². The van der Waals surface area contributed by atoms with Crippen LogP contribution in [0.2, 0.25) is 0 Å². The minimum absolute atomic E-state index is 0.0259. The Morgan fingerprint density at radius 1 is 0.921 bits per heavy atom. The fourth-order valence-electron chi connectivity index (χ4n) is 3.95. The molecule has 0 radical (unpaired) electrons. The maximum atomic E-state index is 13.6. The number of pyridine rings is 2. The van der Waals surface area contributed by atoms with Crippen LogP contribution >= 0.6 is 0 Å². The van der Waals surface area contributed by atoms with E-state index in [2.05, 4.69) is 21.4 Å². The highest BCUT2D eigenvalue weighted by atomic mass is 32.2. The van der Waals surface area contributed by atoms with Gasteiger partial charge in [0.1, 0.15) is 12.4 Å². The third-order valence-corrected chi connectivity index (χ3v) is 7.49. The standard InChI is InChI=1S/C29H28N4O4S/c1-2-7-22-8-5-9-25(18-22)24-14-12-23(13-15-24)20-33(38(36,37)27-11-3-4-16-30-27)21-26-10-6-17-31-29(26)32-19-28(34)35/h2-18H,19-21H2,1H3,(H,31,32)(H,34,35). The summed E-state index contributed by atoms with van der Waals surface area (Å²) in [6.07, 6.45) is 6.99. The highest BCUT2D eigenvalue weighted by Crippen LogP contribution is 2.25. The average Bonchev–Trinajstić information content (AvgIpc) is 2.93. The van der Waals surface area contributed by atoms with Gasteiger partial charge in [0.15, 0.2) is 5.03 Å². The molecule has 0 amide bonds. The van der Waals surface area contributed by atoms with Crippen molar-refractivity contribution in [3.63, 3.8) is 0 Å². The number of hydrogen-bond acceptors (Lipinski definition) is 6. The summed E-state index contributed by atoms with van der Waals surface area (Å²) in [4.78, 5) is 19.3. The van der Waals surface area contributed by atoms with E-state index in [0.717, 1.165) is 22.3 Å². The van der Waals surface area contributed by atoms with Gasteiger partial charge in [-0.25, -0.2) is 18.4 Å². The Bertz CT molecular complexity index is 1520. The third kappa shape index (κ3) is 6.70. The number of nitrogens with zero attached hydrogens (tertiary/aromatic N) is 3. The fourth-order valence-corrected chi connectivity index (χ4v) is 5.29. The van der Waals surface area contributed by atoms with Gasteiger partial charge in [-0.15, -0.1) is 0 Å². The summed E-state index contributed by atoms with van der Waals surface area (Å²) in [7, 11) is -3.98. The Morgan fingerprint density at radius 2 is 1.71 bits per heavy atom. The van der Waals surface area contributed by atoms with Crippen molar-refractivity contribution in [1.29, 1.82) is 0 Å². The Hall–Kier alpha value is -4.34. The number of allylic oxidation sites excluding steroid dienone is 1. The van der Waals surface area contributed by atoms with Crippen molar-refractivity contribution in [3.8, 4) is 11.1 Å². The molecule has 0 aliphatic rings. The number of anilines is 1. The molecule has 8 nitrogen and oxygen atoms in total. The number of carboxylic acids is 1. The maximum Gasteiger partial charge on any atom is 0.322 e. The molecule has 0 aliphatic heterocycles. The highest BCUT2D eigenvalue weighted by Gasteiger charge is 2.27. The zero-order valence-corrected chi connectivity index (χ0v) is 21.7. The predicted octanol–water partition coefficient (Wildman–Crippen LogP) is 5.06. The molecule has 0 atom stereocenters. The first-order valence-corrected chi connectivity index (χ1v) is 13.4. The van der Waals surface area contributed by atoms with Gasteiger partial charge in [0.05, 0.1) is 0 Å². The van der Waals surface area contributed by atoms with Gasteiger partial charge in [-0.05, 0) is 53.4 Å². The molecule has 38 heavy (non-hydrogen) atoms. The largest absolute Gasteiger partial charge is 0.480 e. The highest BCUT2D eigenvalue weighted by molar-refractivity contribution is 7.89. The van der Waals surface area contributed by atoms with Crippen LogP contribution in [0.4, 0.5) is 5.82 Å². The Morgan fingerprint density at radius 3 is 2.42 bits per heavy atom. The molecule has 4 aromatic rings. The number of carboxylic acid groups (broad SMARTS) is 1. The molecule has 194 valence electrons. The number of aliphatic carboxylic acids is 1. The first-order valence-electron chi connectivity index (χ1n) is 12.0. The van der Waals surface area contributed by atoms with Gasteiger partial charge in [-0.1, -0.05) is 66.7 Å². The van der Waals surface area contributed by atoms with E-state index in [0.29, 0.717) is 11.4 Å². The summed E-state index contributed by atoms with van der Waals surface area (Å²) in [5.41, 5.74) is 4.53. The SMILES string of the molecule is CC=Cc1cccc(-c2ccc(CN(Cc3cccnc3NCC(=O)O)S(=O)(=O)c3ccccn3)cc2)c1. The fraction of sp³-hybridized carbons (Fsp3) is 0.138. The molecule has 4 rings (SSSR count). The van der Waals surface area contributed by atoms with Gasteiger partial charge in [0, 0.05) is 31.0 Å². The Kier molecular flexibility index (Phi) is 8.62.